The molecule has 0 aromatic carbocycles. The van der Waals surface area contributed by atoms with Crippen LogP contribution in [0.2, 0.25) is 0 Å². The van der Waals surface area contributed by atoms with E-state index in [2.05, 4.69) is 0 Å². The summed E-state index contributed by atoms with van der Waals surface area (Å²) in [6.07, 6.45) is -1.19. The fourth-order valence-electron chi connectivity index (χ4n) is 6.39. The Hall–Kier alpha value is -2.76. The van der Waals surface area contributed by atoms with Crippen molar-refractivity contribution in [3.8, 4) is 0 Å². The normalized spacial score (nSPS) is 44.3. The van der Waals surface area contributed by atoms with E-state index < -0.39 is 89.3 Å². The van der Waals surface area contributed by atoms with Gasteiger partial charge >= 0.3 is 23.9 Å². The molecule has 0 amide bonds. The number of carbonyl (C=O) groups is 4. The molecule has 11 atom stereocenters. The van der Waals surface area contributed by atoms with Crippen molar-refractivity contribution in [3.63, 3.8) is 0 Å². The van der Waals surface area contributed by atoms with Gasteiger partial charge in [0.25, 0.3) is 0 Å². The minimum Gasteiger partial charge on any atom is -0.461 e. The van der Waals surface area contributed by atoms with E-state index in [1.54, 1.807) is 19.9 Å². The first kappa shape index (κ1) is 27.3. The van der Waals surface area contributed by atoms with Gasteiger partial charge in [-0.3, -0.25) is 19.2 Å². The van der Waals surface area contributed by atoms with Gasteiger partial charge in [-0.05, 0) is 18.6 Å². The van der Waals surface area contributed by atoms with Gasteiger partial charge < -0.3 is 33.9 Å². The molecule has 204 valence electrons. The Balaban J connectivity index is 1.92. The van der Waals surface area contributed by atoms with Crippen LogP contribution in [0, 0.1) is 23.2 Å². The Kier molecular flexibility index (Phi) is 7.02. The summed E-state index contributed by atoms with van der Waals surface area (Å²) in [5.41, 5.74) is -2.86. The molecule has 2 aliphatic carbocycles. The van der Waals surface area contributed by atoms with E-state index in [-0.39, 0.29) is 6.61 Å². The number of aliphatic hydroxyl groups excluding tert-OH is 1. The third kappa shape index (κ3) is 4.46. The SMILES string of the molecule is CC(=O)OCC1=CC2OC(=O)C(C)C2(O)C(OC(C)=O)C2C(C)C(OC(C)=O)C3OC3C2(C)C(O)C=C1. The third-order valence-corrected chi connectivity index (χ3v) is 8.33. The number of esters is 4. The van der Waals surface area contributed by atoms with Crippen LogP contribution in [-0.2, 0) is 42.9 Å². The Labute approximate surface area is 214 Å². The molecule has 0 aromatic rings. The van der Waals surface area contributed by atoms with Crippen molar-refractivity contribution >= 4 is 23.9 Å². The monoisotopic (exact) mass is 522 g/mol. The third-order valence-electron chi connectivity index (χ3n) is 8.33. The molecule has 2 N–H and O–H groups in total. The molecule has 4 aliphatic rings. The first-order valence-corrected chi connectivity index (χ1v) is 12.4. The van der Waals surface area contributed by atoms with Crippen LogP contribution in [0.15, 0.2) is 23.8 Å². The quantitative estimate of drug-likeness (QED) is 0.303. The van der Waals surface area contributed by atoms with Crippen molar-refractivity contribution < 1.29 is 53.1 Å². The Morgan fingerprint density at radius 1 is 1.08 bits per heavy atom. The van der Waals surface area contributed by atoms with Crippen LogP contribution in [0.1, 0.15) is 41.5 Å². The molecule has 0 spiro atoms. The molecule has 2 saturated heterocycles. The number of hydrogen-bond donors (Lipinski definition) is 2. The molecular weight excluding hydrogens is 488 g/mol. The molecule has 0 aromatic heterocycles. The number of fused-ring (bicyclic) bond motifs is 4. The first-order valence-electron chi connectivity index (χ1n) is 12.4. The van der Waals surface area contributed by atoms with Gasteiger partial charge in [0, 0.05) is 38.0 Å². The molecule has 2 heterocycles. The summed E-state index contributed by atoms with van der Waals surface area (Å²) in [4.78, 5) is 48.6. The molecular formula is C26H34O11. The lowest BCUT2D eigenvalue weighted by molar-refractivity contribution is -0.216. The molecule has 37 heavy (non-hydrogen) atoms. The zero-order valence-corrected chi connectivity index (χ0v) is 21.7. The topological polar surface area (TPSA) is 158 Å². The van der Waals surface area contributed by atoms with Gasteiger partial charge in [0.1, 0.15) is 24.9 Å². The van der Waals surface area contributed by atoms with Gasteiger partial charge in [-0.25, -0.2) is 0 Å². The van der Waals surface area contributed by atoms with E-state index in [4.69, 9.17) is 23.7 Å². The summed E-state index contributed by atoms with van der Waals surface area (Å²) in [6.45, 7) is 8.49. The largest absolute Gasteiger partial charge is 0.461 e. The van der Waals surface area contributed by atoms with E-state index in [1.807, 2.05) is 0 Å². The molecule has 2 aliphatic heterocycles. The second-order valence-electron chi connectivity index (χ2n) is 10.7. The van der Waals surface area contributed by atoms with Crippen LogP contribution in [0.3, 0.4) is 0 Å². The molecule has 0 bridgehead atoms. The molecule has 3 fully saturated rings. The summed E-state index contributed by atoms with van der Waals surface area (Å²) in [6, 6.07) is 0. The highest BCUT2D eigenvalue weighted by molar-refractivity contribution is 5.78. The van der Waals surface area contributed by atoms with Crippen molar-refractivity contribution in [1.82, 2.24) is 0 Å². The zero-order valence-electron chi connectivity index (χ0n) is 21.7. The van der Waals surface area contributed by atoms with E-state index >= 15 is 0 Å². The highest BCUT2D eigenvalue weighted by Gasteiger charge is 2.74. The summed E-state index contributed by atoms with van der Waals surface area (Å²) in [5, 5.41) is 23.8. The average Bonchev–Trinajstić information content (AvgIpc) is 3.57. The van der Waals surface area contributed by atoms with Crippen LogP contribution in [0.4, 0.5) is 0 Å². The Morgan fingerprint density at radius 3 is 2.32 bits per heavy atom. The van der Waals surface area contributed by atoms with E-state index in [0.29, 0.717) is 5.57 Å². The summed E-state index contributed by atoms with van der Waals surface area (Å²) in [5.74, 6) is -5.03. The van der Waals surface area contributed by atoms with Crippen LogP contribution < -0.4 is 0 Å². The maximum Gasteiger partial charge on any atom is 0.312 e. The minimum absolute atomic E-state index is 0.205. The predicted octanol–water partition coefficient (Wildman–Crippen LogP) is 0.602. The minimum atomic E-state index is -2.07. The fourth-order valence-corrected chi connectivity index (χ4v) is 6.39. The second kappa shape index (κ2) is 9.52. The summed E-state index contributed by atoms with van der Waals surface area (Å²) in [7, 11) is 0. The lowest BCUT2D eigenvalue weighted by atomic mass is 9.54. The Morgan fingerprint density at radius 2 is 1.73 bits per heavy atom. The van der Waals surface area contributed by atoms with Gasteiger partial charge in [0.2, 0.25) is 0 Å². The van der Waals surface area contributed by atoms with Crippen LogP contribution >= 0.6 is 0 Å². The number of hydrogen-bond acceptors (Lipinski definition) is 11. The number of epoxide rings is 1. The summed E-state index contributed by atoms with van der Waals surface area (Å²) < 4.78 is 28.0. The smallest absolute Gasteiger partial charge is 0.312 e. The highest BCUT2D eigenvalue weighted by atomic mass is 16.6. The van der Waals surface area contributed by atoms with Crippen molar-refractivity contribution in [1.29, 1.82) is 0 Å². The lowest BCUT2D eigenvalue weighted by Gasteiger charge is -2.53. The zero-order chi connectivity index (χ0) is 27.4. The molecule has 1 saturated carbocycles. The molecule has 11 unspecified atom stereocenters. The lowest BCUT2D eigenvalue weighted by Crippen LogP contribution is -2.66. The van der Waals surface area contributed by atoms with Crippen molar-refractivity contribution in [2.45, 2.75) is 83.8 Å². The predicted molar refractivity (Wildman–Crippen MR) is 124 cm³/mol. The maximum atomic E-state index is 12.8. The van der Waals surface area contributed by atoms with Gasteiger partial charge in [-0.1, -0.05) is 26.0 Å². The summed E-state index contributed by atoms with van der Waals surface area (Å²) >= 11 is 0. The fraction of sp³-hybridized carbons (Fsp3) is 0.692. The van der Waals surface area contributed by atoms with Crippen molar-refractivity contribution in [2.24, 2.45) is 23.2 Å². The number of ether oxygens (including phenoxy) is 5. The second-order valence-corrected chi connectivity index (χ2v) is 10.7. The van der Waals surface area contributed by atoms with E-state index in [0.717, 1.165) is 0 Å². The van der Waals surface area contributed by atoms with Gasteiger partial charge in [-0.2, -0.15) is 0 Å². The number of aliphatic hydroxyl groups is 2. The van der Waals surface area contributed by atoms with Crippen LogP contribution in [0.25, 0.3) is 0 Å². The standard InChI is InChI=1S/C26H34O11/c1-11-19-22(35-15(5)29)26(32)12(2)24(31)36-18(26)9-16(10-33-13(3)27)7-8-17(30)25(19,6)23-21(37-23)20(11)34-14(4)28/h7-9,11-12,17-23,30,32H,10H2,1-6H3. The van der Waals surface area contributed by atoms with Crippen molar-refractivity contribution in [3.05, 3.63) is 23.8 Å². The van der Waals surface area contributed by atoms with E-state index in [1.165, 1.54) is 39.8 Å². The van der Waals surface area contributed by atoms with Crippen LogP contribution in [-0.4, -0.2) is 82.9 Å². The molecule has 11 nitrogen and oxygen atoms in total. The van der Waals surface area contributed by atoms with Gasteiger partial charge in [-0.15, -0.1) is 0 Å². The number of carbonyl (C=O) groups excluding carboxylic acids is 4. The maximum absolute atomic E-state index is 12.8. The highest BCUT2D eigenvalue weighted by Crippen LogP contribution is 2.61. The first-order chi connectivity index (χ1) is 17.2. The number of rotatable bonds is 4. The van der Waals surface area contributed by atoms with E-state index in [9.17, 15) is 29.4 Å². The van der Waals surface area contributed by atoms with Gasteiger partial charge in [0.05, 0.1) is 18.1 Å². The van der Waals surface area contributed by atoms with Crippen LogP contribution in [0.5, 0.6) is 0 Å². The molecule has 11 heteroatoms. The molecule has 0 radical (unpaired) electrons. The van der Waals surface area contributed by atoms with Gasteiger partial charge in [0.15, 0.2) is 11.7 Å². The molecule has 4 rings (SSSR count). The Bertz CT molecular complexity index is 1050. The van der Waals surface area contributed by atoms with Crippen molar-refractivity contribution in [2.75, 3.05) is 6.61 Å². The average molecular weight is 523 g/mol.